The van der Waals surface area contributed by atoms with Crippen LogP contribution >= 0.6 is 0 Å². The van der Waals surface area contributed by atoms with Crippen LogP contribution in [-0.2, 0) is 4.79 Å². The van der Waals surface area contributed by atoms with E-state index in [0.29, 0.717) is 22.3 Å². The predicted molar refractivity (Wildman–Crippen MR) is 112 cm³/mol. The number of aromatic nitrogens is 1. The third-order valence-corrected chi connectivity index (χ3v) is 5.16. The Hall–Kier alpha value is -4.13. The number of nitrogens with one attached hydrogen (secondary N) is 1. The minimum atomic E-state index is -3.13. The van der Waals surface area contributed by atoms with E-state index >= 15 is 0 Å². The normalized spacial score (nSPS) is 17.4. The molecule has 1 atom stereocenters. The molecule has 1 unspecified atom stereocenters. The van der Waals surface area contributed by atoms with Gasteiger partial charge in [-0.2, -0.15) is 5.26 Å². The van der Waals surface area contributed by atoms with Crippen molar-refractivity contribution in [3.05, 3.63) is 65.4 Å². The molecule has 1 fully saturated rings. The molecule has 1 aliphatic rings. The number of hydrogen-bond acceptors (Lipinski definition) is 5. The molecule has 4 rings (SSSR count). The third kappa shape index (κ3) is 4.87. The highest BCUT2D eigenvalue weighted by molar-refractivity contribution is 6.00. The first-order valence-electron chi connectivity index (χ1n) is 9.92. The van der Waals surface area contributed by atoms with Crippen molar-refractivity contribution in [1.29, 1.82) is 5.26 Å². The highest BCUT2D eigenvalue weighted by Crippen LogP contribution is 2.31. The fourth-order valence-corrected chi connectivity index (χ4v) is 3.58. The van der Waals surface area contributed by atoms with Crippen LogP contribution in [0.5, 0.6) is 0 Å². The fraction of sp³-hybridized carbons (Fsp3) is 0.217. The number of fused-ring (bicyclic) bond motifs is 1. The van der Waals surface area contributed by atoms with Crippen LogP contribution in [0, 0.1) is 17.1 Å². The van der Waals surface area contributed by atoms with Gasteiger partial charge in [0.2, 0.25) is 5.91 Å². The van der Waals surface area contributed by atoms with Gasteiger partial charge in [-0.05, 0) is 42.5 Å². The van der Waals surface area contributed by atoms with Crippen LogP contribution in [0.15, 0.2) is 47.1 Å². The van der Waals surface area contributed by atoms with Gasteiger partial charge in [-0.3, -0.25) is 14.6 Å². The van der Waals surface area contributed by atoms with E-state index in [-0.39, 0.29) is 5.56 Å². The number of benzene rings is 1. The van der Waals surface area contributed by atoms with Crippen molar-refractivity contribution in [2.45, 2.75) is 18.4 Å². The molecule has 1 aromatic carbocycles. The second kappa shape index (κ2) is 8.78. The molecule has 0 spiro atoms. The number of amides is 2. The van der Waals surface area contributed by atoms with Crippen LogP contribution in [0.2, 0.25) is 0 Å². The Balaban J connectivity index is 1.45. The van der Waals surface area contributed by atoms with Gasteiger partial charge in [0.05, 0.1) is 19.2 Å². The molecule has 7 nitrogen and oxygen atoms in total. The lowest BCUT2D eigenvalue weighted by Crippen LogP contribution is -2.43. The molecule has 3 aromatic rings. The molecule has 10 heteroatoms. The van der Waals surface area contributed by atoms with Gasteiger partial charge in [-0.1, -0.05) is 0 Å². The third-order valence-electron chi connectivity index (χ3n) is 5.16. The maximum absolute atomic E-state index is 13.5. The lowest BCUT2D eigenvalue weighted by molar-refractivity contribution is -0.131. The summed E-state index contributed by atoms with van der Waals surface area (Å²) in [7, 11) is 0. The summed E-state index contributed by atoms with van der Waals surface area (Å²) >= 11 is 0. The van der Waals surface area contributed by atoms with E-state index in [0.717, 1.165) is 4.90 Å². The Kier molecular flexibility index (Phi) is 5.87. The largest absolute Gasteiger partial charge is 0.457 e. The molecule has 1 saturated heterocycles. The van der Waals surface area contributed by atoms with Crippen LogP contribution in [0.25, 0.3) is 23.1 Å². The molecular weight excluding hydrogens is 437 g/mol. The van der Waals surface area contributed by atoms with Crippen LogP contribution in [0.1, 0.15) is 28.1 Å². The van der Waals surface area contributed by atoms with Crippen molar-refractivity contribution in [3.8, 4) is 6.07 Å². The van der Waals surface area contributed by atoms with Crippen molar-refractivity contribution < 1.29 is 27.2 Å². The predicted octanol–water partition coefficient (Wildman–Crippen LogP) is 3.63. The van der Waals surface area contributed by atoms with Gasteiger partial charge in [0.1, 0.15) is 23.2 Å². The lowest BCUT2D eigenvalue weighted by atomic mass is 10.1. The summed E-state index contributed by atoms with van der Waals surface area (Å²) in [4.78, 5) is 29.7. The van der Waals surface area contributed by atoms with Crippen molar-refractivity contribution in [2.75, 3.05) is 13.1 Å². The van der Waals surface area contributed by atoms with E-state index in [9.17, 15) is 22.8 Å². The van der Waals surface area contributed by atoms with Crippen LogP contribution < -0.4 is 5.32 Å². The van der Waals surface area contributed by atoms with Crippen molar-refractivity contribution in [2.24, 2.45) is 0 Å². The molecule has 33 heavy (non-hydrogen) atoms. The second-order valence-corrected chi connectivity index (χ2v) is 7.54. The number of furan rings is 1. The zero-order valence-electron chi connectivity index (χ0n) is 17.1. The van der Waals surface area contributed by atoms with E-state index in [1.54, 1.807) is 24.3 Å². The number of alkyl halides is 2. The Morgan fingerprint density at radius 1 is 1.30 bits per heavy atom. The van der Waals surface area contributed by atoms with Gasteiger partial charge in [0.15, 0.2) is 0 Å². The quantitative estimate of drug-likeness (QED) is 0.635. The number of carbonyl (C=O) groups excluding carboxylic acids is 2. The van der Waals surface area contributed by atoms with Gasteiger partial charge < -0.3 is 14.6 Å². The molecule has 3 heterocycles. The number of rotatable bonds is 5. The maximum Gasteiger partial charge on any atom is 0.268 e. The van der Waals surface area contributed by atoms with Gasteiger partial charge in [0, 0.05) is 35.3 Å². The minimum absolute atomic E-state index is 0.194. The molecule has 168 valence electrons. The fourth-order valence-electron chi connectivity index (χ4n) is 3.58. The number of halogens is 3. The SMILES string of the molecule is N#CC1CC(F)(F)CN1C(=O)CNC(=O)c1ccncc1C=Cc1cc2cc(F)ccc2o1. The average molecular weight is 454 g/mol. The number of likely N-dealkylation sites (tertiary alicyclic amines) is 1. The molecule has 1 aliphatic heterocycles. The first-order chi connectivity index (χ1) is 15.8. The smallest absolute Gasteiger partial charge is 0.268 e. The van der Waals surface area contributed by atoms with E-state index in [1.165, 1.54) is 36.7 Å². The number of nitrogens with zero attached hydrogens (tertiary/aromatic N) is 3. The number of nitriles is 1. The average Bonchev–Trinajstić information content (AvgIpc) is 3.34. The first-order valence-corrected chi connectivity index (χ1v) is 9.92. The van der Waals surface area contributed by atoms with Crippen LogP contribution in [-0.4, -0.2) is 46.8 Å². The van der Waals surface area contributed by atoms with Crippen molar-refractivity contribution >= 4 is 34.9 Å². The number of carbonyl (C=O) groups is 2. The number of hydrogen-bond donors (Lipinski definition) is 1. The van der Waals surface area contributed by atoms with E-state index in [2.05, 4.69) is 10.3 Å². The molecule has 1 N–H and O–H groups in total. The van der Waals surface area contributed by atoms with Crippen LogP contribution in [0.3, 0.4) is 0 Å². The van der Waals surface area contributed by atoms with Crippen molar-refractivity contribution in [3.63, 3.8) is 0 Å². The summed E-state index contributed by atoms with van der Waals surface area (Å²) < 4.78 is 46.1. The summed E-state index contributed by atoms with van der Waals surface area (Å²) in [6.45, 7) is -1.39. The molecular formula is C23H17F3N4O3. The Morgan fingerprint density at radius 3 is 2.91 bits per heavy atom. The Labute approximate surface area is 186 Å². The summed E-state index contributed by atoms with van der Waals surface area (Å²) in [6, 6.07) is 7.66. The minimum Gasteiger partial charge on any atom is -0.457 e. The highest BCUT2D eigenvalue weighted by Gasteiger charge is 2.47. The molecule has 0 saturated carbocycles. The molecule has 0 radical (unpaired) electrons. The summed E-state index contributed by atoms with van der Waals surface area (Å²) in [5.74, 6) is -4.48. The second-order valence-electron chi connectivity index (χ2n) is 7.54. The van der Waals surface area contributed by atoms with E-state index in [1.807, 2.05) is 0 Å². The van der Waals surface area contributed by atoms with Gasteiger partial charge in [0.25, 0.3) is 11.8 Å². The molecule has 2 aromatic heterocycles. The molecule has 2 amide bonds. The monoisotopic (exact) mass is 454 g/mol. The van der Waals surface area contributed by atoms with E-state index in [4.69, 9.17) is 9.68 Å². The standard InChI is InChI=1S/C23H17F3N4O3/c24-16-2-4-20-15(7-16)8-18(33-20)3-1-14-11-28-6-5-19(14)22(32)29-12-21(31)30-13-23(25,26)9-17(30)10-27/h1-8,11,17H,9,12-13H2,(H,29,32). The maximum atomic E-state index is 13.5. The summed E-state index contributed by atoms with van der Waals surface area (Å²) in [5.41, 5.74) is 1.11. The van der Waals surface area contributed by atoms with E-state index < -0.39 is 49.1 Å². The Morgan fingerprint density at radius 2 is 2.12 bits per heavy atom. The zero-order chi connectivity index (χ0) is 23.6. The molecule has 0 bridgehead atoms. The van der Waals surface area contributed by atoms with Gasteiger partial charge >= 0.3 is 0 Å². The van der Waals surface area contributed by atoms with Crippen molar-refractivity contribution in [1.82, 2.24) is 15.2 Å². The first kappa shape index (κ1) is 22.1. The van der Waals surface area contributed by atoms with Gasteiger partial charge in [-0.15, -0.1) is 0 Å². The highest BCUT2D eigenvalue weighted by atomic mass is 19.3. The zero-order valence-corrected chi connectivity index (χ0v) is 17.1. The van der Waals surface area contributed by atoms with Crippen LogP contribution in [0.4, 0.5) is 13.2 Å². The summed E-state index contributed by atoms with van der Waals surface area (Å²) in [5, 5.41) is 12.0. The Bertz CT molecular complexity index is 1300. The number of pyridine rings is 1. The summed E-state index contributed by atoms with van der Waals surface area (Å²) in [6.07, 6.45) is 5.26. The molecule has 0 aliphatic carbocycles. The topological polar surface area (TPSA) is 99.2 Å². The van der Waals surface area contributed by atoms with Gasteiger partial charge in [-0.25, -0.2) is 13.2 Å². The lowest BCUT2D eigenvalue weighted by Gasteiger charge is -2.19.